The first-order valence-electron chi connectivity index (χ1n) is 8.19. The molecule has 2 heterocycles. The largest absolute Gasteiger partial charge is 0.487 e. The van der Waals surface area contributed by atoms with Gasteiger partial charge >= 0.3 is 5.69 Å². The number of hydrogen-bond donors (Lipinski definition) is 2. The molecule has 3 atom stereocenters. The Balaban J connectivity index is 1.85. The van der Waals surface area contributed by atoms with Crippen molar-refractivity contribution in [2.24, 2.45) is 0 Å². The topological polar surface area (TPSA) is 93.6 Å². The number of rotatable bonds is 5. The first kappa shape index (κ1) is 18.1. The van der Waals surface area contributed by atoms with Crippen LogP contribution in [0.5, 0.6) is 5.75 Å². The summed E-state index contributed by atoms with van der Waals surface area (Å²) in [6.45, 7) is 1.56. The average Bonchev–Trinajstić information content (AvgIpc) is 3.02. The van der Waals surface area contributed by atoms with E-state index in [0.29, 0.717) is 5.75 Å². The van der Waals surface area contributed by atoms with Crippen LogP contribution in [0, 0.1) is 5.82 Å². The van der Waals surface area contributed by atoms with Gasteiger partial charge in [-0.1, -0.05) is 30.4 Å². The molecule has 7 nitrogen and oxygen atoms in total. The van der Waals surface area contributed by atoms with Gasteiger partial charge in [0.05, 0.1) is 12.8 Å². The number of para-hydroxylation sites is 1. The van der Waals surface area contributed by atoms with E-state index in [1.807, 2.05) is 42.3 Å². The van der Waals surface area contributed by atoms with Crippen molar-refractivity contribution in [2.75, 3.05) is 6.61 Å². The van der Waals surface area contributed by atoms with Gasteiger partial charge in [0.15, 0.2) is 0 Å². The minimum absolute atomic E-state index is 0.209. The van der Waals surface area contributed by atoms with Crippen molar-refractivity contribution in [3.63, 3.8) is 0 Å². The molecule has 1 saturated heterocycles. The molecule has 26 heavy (non-hydrogen) atoms. The first-order chi connectivity index (χ1) is 12.5. The number of H-pyrrole nitrogens is 1. The maximum absolute atomic E-state index is 13.5. The summed E-state index contributed by atoms with van der Waals surface area (Å²) in [6, 6.07) is 7.38. The van der Waals surface area contributed by atoms with Crippen LogP contribution in [-0.2, 0) is 4.74 Å². The van der Waals surface area contributed by atoms with E-state index in [1.54, 1.807) is 6.07 Å². The molecular formula is C18H19FN2O5. The molecule has 1 aromatic carbocycles. The Hall–Kier alpha value is -2.71. The molecule has 1 aliphatic heterocycles. The fraction of sp³-hybridized carbons (Fsp3) is 0.333. The Morgan fingerprint density at radius 1 is 1.42 bits per heavy atom. The molecule has 1 aromatic heterocycles. The van der Waals surface area contributed by atoms with E-state index in [0.717, 1.165) is 16.3 Å². The van der Waals surface area contributed by atoms with E-state index >= 15 is 0 Å². The number of aliphatic hydroxyl groups excluding tert-OH is 1. The highest BCUT2D eigenvalue weighted by Crippen LogP contribution is 2.32. The van der Waals surface area contributed by atoms with Gasteiger partial charge in [0.25, 0.3) is 5.56 Å². The van der Waals surface area contributed by atoms with Gasteiger partial charge in [-0.15, -0.1) is 0 Å². The molecule has 0 amide bonds. The van der Waals surface area contributed by atoms with Crippen LogP contribution in [0.1, 0.15) is 25.1 Å². The number of allylic oxidation sites excluding steroid dienone is 1. The Morgan fingerprint density at radius 3 is 2.92 bits per heavy atom. The first-order valence-corrected chi connectivity index (χ1v) is 8.19. The van der Waals surface area contributed by atoms with Gasteiger partial charge in [-0.2, -0.15) is 4.39 Å². The second-order valence-electron chi connectivity index (χ2n) is 5.89. The van der Waals surface area contributed by atoms with Crippen molar-refractivity contribution in [3.05, 3.63) is 68.8 Å². The lowest BCUT2D eigenvalue weighted by molar-refractivity contribution is -0.0424. The number of aromatic nitrogens is 2. The predicted molar refractivity (Wildman–Crippen MR) is 92.5 cm³/mol. The second kappa shape index (κ2) is 7.67. The van der Waals surface area contributed by atoms with Crippen molar-refractivity contribution in [1.82, 2.24) is 9.55 Å². The Morgan fingerprint density at radius 2 is 2.19 bits per heavy atom. The third-order valence-corrected chi connectivity index (χ3v) is 4.14. The number of aromatic amines is 1. The summed E-state index contributed by atoms with van der Waals surface area (Å²) in [4.78, 5) is 25.0. The molecule has 138 valence electrons. The van der Waals surface area contributed by atoms with Gasteiger partial charge in [-0.05, 0) is 13.0 Å². The Labute approximate surface area is 148 Å². The highest BCUT2D eigenvalue weighted by atomic mass is 19.1. The standard InChI is InChI=1S/C18H19FN2O5/c1-2-5-11-6-3-4-7-13(11)25-14-8-16(26-15(14)10-22)21-9-12(19)17(23)20-18(21)24/h2-7,9,14-16,22H,8,10H2,1H3,(H,20,23,24)/t14?,15-,16-/m0/s1. The van der Waals surface area contributed by atoms with E-state index in [1.165, 1.54) is 0 Å². The highest BCUT2D eigenvalue weighted by Gasteiger charge is 2.38. The zero-order valence-corrected chi connectivity index (χ0v) is 14.1. The van der Waals surface area contributed by atoms with E-state index in [-0.39, 0.29) is 13.0 Å². The molecule has 0 saturated carbocycles. The van der Waals surface area contributed by atoms with Crippen LogP contribution in [0.25, 0.3) is 6.08 Å². The van der Waals surface area contributed by atoms with Crippen LogP contribution in [0.4, 0.5) is 4.39 Å². The SMILES string of the molecule is CC=Cc1ccccc1OC1C[C@@H](n2cc(F)c(=O)[nH]c2=O)O[C@H]1CO. The third kappa shape index (κ3) is 3.61. The van der Waals surface area contributed by atoms with Crippen LogP contribution >= 0.6 is 0 Å². The quantitative estimate of drug-likeness (QED) is 0.839. The van der Waals surface area contributed by atoms with Gasteiger partial charge in [0.2, 0.25) is 5.82 Å². The second-order valence-corrected chi connectivity index (χ2v) is 5.89. The van der Waals surface area contributed by atoms with E-state index in [4.69, 9.17) is 9.47 Å². The average molecular weight is 362 g/mol. The maximum atomic E-state index is 13.5. The number of hydrogen-bond acceptors (Lipinski definition) is 5. The lowest BCUT2D eigenvalue weighted by atomic mass is 10.1. The van der Waals surface area contributed by atoms with Gasteiger partial charge < -0.3 is 14.6 Å². The van der Waals surface area contributed by atoms with E-state index < -0.39 is 35.5 Å². The molecule has 0 radical (unpaired) electrons. The molecule has 1 aliphatic rings. The minimum Gasteiger partial charge on any atom is -0.487 e. The normalized spacial score (nSPS) is 22.8. The zero-order valence-electron chi connectivity index (χ0n) is 14.1. The predicted octanol–water partition coefficient (Wildman–Crippen LogP) is 1.44. The number of nitrogens with one attached hydrogen (secondary N) is 1. The van der Waals surface area contributed by atoms with Crippen molar-refractivity contribution in [3.8, 4) is 5.75 Å². The summed E-state index contributed by atoms with van der Waals surface area (Å²) in [7, 11) is 0. The molecule has 3 rings (SSSR count). The Bertz CT molecular complexity index is 920. The van der Waals surface area contributed by atoms with Gasteiger partial charge in [0.1, 0.15) is 24.2 Å². The van der Waals surface area contributed by atoms with Crippen molar-refractivity contribution >= 4 is 6.08 Å². The Kier molecular flexibility index (Phi) is 5.34. The minimum atomic E-state index is -1.09. The summed E-state index contributed by atoms with van der Waals surface area (Å²) >= 11 is 0. The fourth-order valence-electron chi connectivity index (χ4n) is 2.90. The molecule has 0 spiro atoms. The number of halogens is 1. The summed E-state index contributed by atoms with van der Waals surface area (Å²) in [5.74, 6) is -0.477. The number of benzene rings is 1. The van der Waals surface area contributed by atoms with Gasteiger partial charge in [-0.3, -0.25) is 14.3 Å². The number of nitrogens with zero attached hydrogens (tertiary/aromatic N) is 1. The lowest BCUT2D eigenvalue weighted by Crippen LogP contribution is -2.34. The third-order valence-electron chi connectivity index (χ3n) is 4.14. The van der Waals surface area contributed by atoms with Crippen molar-refractivity contribution < 1.29 is 19.0 Å². The molecule has 0 aliphatic carbocycles. The highest BCUT2D eigenvalue weighted by molar-refractivity contribution is 5.56. The summed E-state index contributed by atoms with van der Waals surface area (Å²) in [5, 5.41) is 9.58. The molecule has 8 heteroatoms. The summed E-state index contributed by atoms with van der Waals surface area (Å²) in [5.41, 5.74) is -1.01. The van der Waals surface area contributed by atoms with Gasteiger partial charge in [-0.25, -0.2) is 4.79 Å². The van der Waals surface area contributed by atoms with Crippen LogP contribution in [0.15, 0.2) is 46.1 Å². The molecule has 2 aromatic rings. The molecular weight excluding hydrogens is 343 g/mol. The number of ether oxygens (including phenoxy) is 2. The van der Waals surface area contributed by atoms with Gasteiger partial charge in [0, 0.05) is 12.0 Å². The van der Waals surface area contributed by atoms with Crippen LogP contribution in [0.2, 0.25) is 0 Å². The molecule has 1 fully saturated rings. The summed E-state index contributed by atoms with van der Waals surface area (Å²) < 4.78 is 26.1. The monoisotopic (exact) mass is 362 g/mol. The number of aliphatic hydroxyl groups is 1. The van der Waals surface area contributed by atoms with E-state index in [9.17, 15) is 19.1 Å². The summed E-state index contributed by atoms with van der Waals surface area (Å²) in [6.07, 6.45) is 2.68. The molecule has 0 bridgehead atoms. The molecule has 2 N–H and O–H groups in total. The van der Waals surface area contributed by atoms with Crippen molar-refractivity contribution in [2.45, 2.75) is 31.8 Å². The van der Waals surface area contributed by atoms with Crippen LogP contribution < -0.4 is 16.0 Å². The van der Waals surface area contributed by atoms with Crippen LogP contribution in [-0.4, -0.2) is 33.5 Å². The zero-order chi connectivity index (χ0) is 18.7. The smallest absolute Gasteiger partial charge is 0.330 e. The lowest BCUT2D eigenvalue weighted by Gasteiger charge is -2.19. The molecule has 1 unspecified atom stereocenters. The fourth-order valence-corrected chi connectivity index (χ4v) is 2.90. The maximum Gasteiger partial charge on any atom is 0.330 e. The van der Waals surface area contributed by atoms with Crippen LogP contribution in [0.3, 0.4) is 0 Å². The van der Waals surface area contributed by atoms with E-state index in [2.05, 4.69) is 0 Å². The van der Waals surface area contributed by atoms with Crippen molar-refractivity contribution in [1.29, 1.82) is 0 Å².